The molecule has 0 spiro atoms. The van der Waals surface area contributed by atoms with Gasteiger partial charge in [-0.25, -0.2) is 0 Å². The Kier molecular flexibility index (Phi) is 5.14. The zero-order valence-corrected chi connectivity index (χ0v) is 16.0. The number of nitriles is 1. The van der Waals surface area contributed by atoms with E-state index < -0.39 is 0 Å². The average molecular weight is 358 g/mol. The lowest BCUT2D eigenvalue weighted by Gasteiger charge is -2.12. The summed E-state index contributed by atoms with van der Waals surface area (Å²) in [5, 5.41) is 8.84. The lowest BCUT2D eigenvalue weighted by molar-refractivity contribution is 0.0921. The van der Waals surface area contributed by atoms with Crippen LogP contribution < -0.4 is 4.74 Å². The number of carbonyl (C=O) groups excluding carboxylic acids is 1. The number of ether oxygens (including phenoxy) is 1. The molecule has 2 aromatic carbocycles. The lowest BCUT2D eigenvalue weighted by Crippen LogP contribution is -2.12. The molecule has 0 saturated heterocycles. The summed E-state index contributed by atoms with van der Waals surface area (Å²) in [6.45, 7) is 8.07. The summed E-state index contributed by atoms with van der Waals surface area (Å²) in [6, 6.07) is 17.1. The third-order valence-electron chi connectivity index (χ3n) is 4.55. The van der Waals surface area contributed by atoms with Crippen LogP contribution in [0.25, 0.3) is 5.69 Å². The highest BCUT2D eigenvalue weighted by Crippen LogP contribution is 2.23. The third kappa shape index (κ3) is 3.93. The topological polar surface area (TPSA) is 55.0 Å². The van der Waals surface area contributed by atoms with Crippen LogP contribution in [0.3, 0.4) is 0 Å². The van der Waals surface area contributed by atoms with E-state index in [4.69, 9.17) is 10.00 Å². The summed E-state index contributed by atoms with van der Waals surface area (Å²) >= 11 is 0. The molecular weight excluding hydrogens is 336 g/mol. The minimum atomic E-state index is -0.0666. The maximum atomic E-state index is 12.7. The zero-order chi connectivity index (χ0) is 19.6. The number of ketones is 1. The van der Waals surface area contributed by atoms with Crippen molar-refractivity contribution in [2.75, 3.05) is 6.61 Å². The van der Waals surface area contributed by atoms with E-state index in [-0.39, 0.29) is 12.4 Å². The van der Waals surface area contributed by atoms with E-state index in [0.29, 0.717) is 16.9 Å². The van der Waals surface area contributed by atoms with Crippen LogP contribution in [0.5, 0.6) is 5.75 Å². The molecule has 3 rings (SSSR count). The standard InChI is InChI=1S/C23H22N2O2/c1-15-9-16(2)11-20(10-15)25-17(3)12-22(18(25)4)23(26)14-27-21-7-5-19(13-24)6-8-21/h5-12H,14H2,1-4H3. The summed E-state index contributed by atoms with van der Waals surface area (Å²) in [7, 11) is 0. The smallest absolute Gasteiger partial charge is 0.202 e. The zero-order valence-electron chi connectivity index (χ0n) is 16.0. The van der Waals surface area contributed by atoms with Gasteiger partial charge in [0.2, 0.25) is 5.78 Å². The van der Waals surface area contributed by atoms with Crippen molar-refractivity contribution >= 4 is 5.78 Å². The first kappa shape index (κ1) is 18.5. The molecule has 4 nitrogen and oxygen atoms in total. The van der Waals surface area contributed by atoms with Crippen LogP contribution in [0.4, 0.5) is 0 Å². The van der Waals surface area contributed by atoms with Crippen molar-refractivity contribution in [1.82, 2.24) is 4.57 Å². The second-order valence-corrected chi connectivity index (χ2v) is 6.81. The highest BCUT2D eigenvalue weighted by molar-refractivity contribution is 5.98. The van der Waals surface area contributed by atoms with E-state index >= 15 is 0 Å². The Labute approximate surface area is 159 Å². The second kappa shape index (κ2) is 7.51. The van der Waals surface area contributed by atoms with Crippen molar-refractivity contribution in [1.29, 1.82) is 5.26 Å². The van der Waals surface area contributed by atoms with Crippen molar-refractivity contribution in [3.05, 3.63) is 82.2 Å². The molecule has 1 aromatic heterocycles. The Morgan fingerprint density at radius 1 is 1.00 bits per heavy atom. The Morgan fingerprint density at radius 3 is 2.22 bits per heavy atom. The van der Waals surface area contributed by atoms with Crippen molar-refractivity contribution in [3.63, 3.8) is 0 Å². The number of benzene rings is 2. The molecule has 136 valence electrons. The summed E-state index contributed by atoms with van der Waals surface area (Å²) in [6.07, 6.45) is 0. The first-order valence-corrected chi connectivity index (χ1v) is 8.83. The van der Waals surface area contributed by atoms with Gasteiger partial charge in [-0.1, -0.05) is 6.07 Å². The Bertz CT molecular complexity index is 1020. The Morgan fingerprint density at radius 2 is 1.63 bits per heavy atom. The fourth-order valence-corrected chi connectivity index (χ4v) is 3.37. The normalized spacial score (nSPS) is 10.5. The van der Waals surface area contributed by atoms with Crippen molar-refractivity contribution < 1.29 is 9.53 Å². The van der Waals surface area contributed by atoms with Gasteiger partial charge < -0.3 is 9.30 Å². The van der Waals surface area contributed by atoms with Crippen LogP contribution >= 0.6 is 0 Å². The number of carbonyl (C=O) groups is 1. The number of Topliss-reactive ketones (excluding diaryl/α,β-unsaturated/α-hetero) is 1. The van der Waals surface area contributed by atoms with Gasteiger partial charge in [0.25, 0.3) is 0 Å². The van der Waals surface area contributed by atoms with E-state index in [1.54, 1.807) is 24.3 Å². The molecule has 27 heavy (non-hydrogen) atoms. The molecule has 0 radical (unpaired) electrons. The Balaban J connectivity index is 1.82. The minimum Gasteiger partial charge on any atom is -0.485 e. The predicted molar refractivity (Wildman–Crippen MR) is 106 cm³/mol. The molecule has 0 atom stereocenters. The van der Waals surface area contributed by atoms with Crippen molar-refractivity contribution in [2.45, 2.75) is 27.7 Å². The summed E-state index contributed by atoms with van der Waals surface area (Å²) in [4.78, 5) is 12.7. The molecule has 0 fully saturated rings. The van der Waals surface area contributed by atoms with E-state index in [2.05, 4.69) is 42.7 Å². The largest absolute Gasteiger partial charge is 0.485 e. The van der Waals surface area contributed by atoms with Crippen molar-refractivity contribution in [3.8, 4) is 17.5 Å². The van der Waals surface area contributed by atoms with Gasteiger partial charge in [0, 0.05) is 22.6 Å². The molecule has 0 bridgehead atoms. The average Bonchev–Trinajstić information content (AvgIpc) is 2.93. The highest BCUT2D eigenvalue weighted by Gasteiger charge is 2.17. The molecule has 0 N–H and O–H groups in total. The molecular formula is C23H22N2O2. The highest BCUT2D eigenvalue weighted by atomic mass is 16.5. The van der Waals surface area contributed by atoms with Gasteiger partial charge >= 0.3 is 0 Å². The van der Waals surface area contributed by atoms with Gasteiger partial charge in [-0.3, -0.25) is 4.79 Å². The minimum absolute atomic E-state index is 0.0387. The Hall–Kier alpha value is -3.32. The second-order valence-electron chi connectivity index (χ2n) is 6.81. The van der Waals surface area contributed by atoms with Crippen LogP contribution in [-0.4, -0.2) is 17.0 Å². The molecule has 1 heterocycles. The number of rotatable bonds is 5. The van der Waals surface area contributed by atoms with E-state index in [9.17, 15) is 4.79 Å². The van der Waals surface area contributed by atoms with Gasteiger partial charge in [-0.05, 0) is 81.3 Å². The van der Waals surface area contributed by atoms with Crippen LogP contribution in [-0.2, 0) is 0 Å². The fraction of sp³-hybridized carbons (Fsp3) is 0.217. The molecule has 3 aromatic rings. The van der Waals surface area contributed by atoms with E-state index in [1.807, 2.05) is 19.9 Å². The summed E-state index contributed by atoms with van der Waals surface area (Å²) in [5.74, 6) is 0.508. The SMILES string of the molecule is Cc1cc(C)cc(-n2c(C)cc(C(=O)COc3ccc(C#N)cc3)c2C)c1. The number of aromatic nitrogens is 1. The van der Waals surface area contributed by atoms with Gasteiger partial charge in [0.15, 0.2) is 6.61 Å². The number of nitrogens with zero attached hydrogens (tertiary/aromatic N) is 2. The van der Waals surface area contributed by atoms with Gasteiger partial charge in [0.1, 0.15) is 5.75 Å². The summed E-state index contributed by atoms with van der Waals surface area (Å²) in [5.41, 5.74) is 6.59. The number of aryl methyl sites for hydroxylation is 3. The summed E-state index contributed by atoms with van der Waals surface area (Å²) < 4.78 is 7.71. The van der Waals surface area contributed by atoms with Crippen molar-refractivity contribution in [2.24, 2.45) is 0 Å². The van der Waals surface area contributed by atoms with Crippen LogP contribution in [0.2, 0.25) is 0 Å². The van der Waals surface area contributed by atoms with E-state index in [0.717, 1.165) is 17.1 Å². The molecule has 0 aliphatic heterocycles. The maximum Gasteiger partial charge on any atom is 0.202 e. The maximum absolute atomic E-state index is 12.7. The first-order chi connectivity index (χ1) is 12.9. The van der Waals surface area contributed by atoms with Crippen LogP contribution in [0, 0.1) is 39.0 Å². The predicted octanol–water partition coefficient (Wildman–Crippen LogP) is 4.84. The molecule has 0 saturated carbocycles. The van der Waals surface area contributed by atoms with Crippen LogP contribution in [0.1, 0.15) is 38.4 Å². The molecule has 4 heteroatoms. The number of hydrogen-bond donors (Lipinski definition) is 0. The van der Waals surface area contributed by atoms with Crippen LogP contribution in [0.15, 0.2) is 48.5 Å². The lowest BCUT2D eigenvalue weighted by atomic mass is 10.1. The molecule has 0 amide bonds. The van der Waals surface area contributed by atoms with Gasteiger partial charge in [-0.2, -0.15) is 5.26 Å². The third-order valence-corrected chi connectivity index (χ3v) is 4.55. The fourth-order valence-electron chi connectivity index (χ4n) is 3.37. The molecule has 0 aliphatic carbocycles. The monoisotopic (exact) mass is 358 g/mol. The van der Waals surface area contributed by atoms with Gasteiger partial charge in [0.05, 0.1) is 11.6 Å². The quantitative estimate of drug-likeness (QED) is 0.613. The van der Waals surface area contributed by atoms with Gasteiger partial charge in [-0.15, -0.1) is 0 Å². The number of hydrogen-bond acceptors (Lipinski definition) is 3. The molecule has 0 unspecified atom stereocenters. The van der Waals surface area contributed by atoms with E-state index in [1.165, 1.54) is 11.1 Å². The first-order valence-electron chi connectivity index (χ1n) is 8.83. The molecule has 0 aliphatic rings.